The normalized spacial score (nSPS) is 12.4. The van der Waals surface area contributed by atoms with Gasteiger partial charge < -0.3 is 25.9 Å². The van der Waals surface area contributed by atoms with Gasteiger partial charge >= 0.3 is 0 Å². The minimum absolute atomic E-state index is 0.458. The Kier molecular flexibility index (Phi) is 21.3. The molecule has 5 nitrogen and oxygen atoms in total. The topological polar surface area (TPSA) is 92.2 Å². The van der Waals surface area contributed by atoms with Crippen molar-refractivity contribution in [3.05, 3.63) is 0 Å². The van der Waals surface area contributed by atoms with Gasteiger partial charge in [0.25, 0.3) is 0 Å². The van der Waals surface area contributed by atoms with Crippen LogP contribution in [-0.4, -0.2) is 49.2 Å². The molecule has 0 unspecified atom stereocenters. The second-order valence-electron chi connectivity index (χ2n) is 7.86. The summed E-state index contributed by atoms with van der Waals surface area (Å²) in [7, 11) is 0. The van der Waals surface area contributed by atoms with E-state index in [0.717, 1.165) is 12.8 Å². The third-order valence-electron chi connectivity index (χ3n) is 5.22. The van der Waals surface area contributed by atoms with E-state index in [-0.39, 0.29) is 0 Å². The van der Waals surface area contributed by atoms with Gasteiger partial charge in [-0.2, -0.15) is 0 Å². The predicted octanol–water partition coefficient (Wildman–Crippen LogP) is 3.20. The number of aliphatic carboxylic acids is 1. The molecule has 0 radical (unpaired) electrons. The SMILES string of the molecule is CCCC[N+](CCCC)(CCCC)CCCC.NCCCC[C@H](N)C(=O)[O-]. The lowest BCUT2D eigenvalue weighted by Crippen LogP contribution is -2.50. The van der Waals surface area contributed by atoms with Gasteiger partial charge in [0, 0.05) is 6.04 Å². The number of quaternary nitrogens is 1. The minimum Gasteiger partial charge on any atom is -0.548 e. The highest BCUT2D eigenvalue weighted by Gasteiger charge is 2.24. The minimum atomic E-state index is -1.18. The van der Waals surface area contributed by atoms with Crippen LogP contribution >= 0.6 is 0 Å². The number of rotatable bonds is 17. The van der Waals surface area contributed by atoms with E-state index < -0.39 is 12.0 Å². The van der Waals surface area contributed by atoms with Gasteiger partial charge in [0.1, 0.15) is 0 Å². The fraction of sp³-hybridized carbons (Fsp3) is 0.955. The van der Waals surface area contributed by atoms with Crippen molar-refractivity contribution in [2.75, 3.05) is 32.7 Å². The Balaban J connectivity index is 0. The first kappa shape index (κ1) is 28.6. The zero-order valence-electron chi connectivity index (χ0n) is 18.8. The molecule has 0 aromatic carbocycles. The molecule has 27 heavy (non-hydrogen) atoms. The van der Waals surface area contributed by atoms with Crippen molar-refractivity contribution in [3.8, 4) is 0 Å². The number of hydrogen-bond donors (Lipinski definition) is 2. The summed E-state index contributed by atoms with van der Waals surface area (Å²) < 4.78 is 1.42. The summed E-state index contributed by atoms with van der Waals surface area (Å²) in [4.78, 5) is 10.0. The summed E-state index contributed by atoms with van der Waals surface area (Å²) in [6.07, 6.45) is 13.1. The molecule has 0 aromatic heterocycles. The lowest BCUT2D eigenvalue weighted by Gasteiger charge is -2.39. The van der Waals surface area contributed by atoms with Crippen LogP contribution in [0.25, 0.3) is 0 Å². The smallest absolute Gasteiger partial charge is 0.0786 e. The highest BCUT2D eigenvalue weighted by Crippen LogP contribution is 2.16. The van der Waals surface area contributed by atoms with Crippen LogP contribution < -0.4 is 16.6 Å². The molecule has 5 heteroatoms. The van der Waals surface area contributed by atoms with Crippen molar-refractivity contribution < 1.29 is 14.4 Å². The van der Waals surface area contributed by atoms with Gasteiger partial charge in [-0.05, 0) is 45.1 Å². The molecular formula is C22H49N3O2. The fourth-order valence-corrected chi connectivity index (χ4v) is 3.27. The number of carboxylic acid groups (broad SMARTS) is 1. The highest BCUT2D eigenvalue weighted by molar-refractivity contribution is 5.70. The summed E-state index contributed by atoms with van der Waals surface area (Å²) in [6.45, 7) is 15.6. The van der Waals surface area contributed by atoms with Gasteiger partial charge in [0.05, 0.1) is 32.1 Å². The fourth-order valence-electron chi connectivity index (χ4n) is 3.27. The van der Waals surface area contributed by atoms with Gasteiger partial charge in [-0.25, -0.2) is 0 Å². The predicted molar refractivity (Wildman–Crippen MR) is 115 cm³/mol. The lowest BCUT2D eigenvalue weighted by molar-refractivity contribution is -0.929. The number of hydrogen-bond acceptors (Lipinski definition) is 4. The van der Waals surface area contributed by atoms with Crippen LogP contribution in [-0.2, 0) is 4.79 Å². The lowest BCUT2D eigenvalue weighted by atomic mass is 10.1. The van der Waals surface area contributed by atoms with Gasteiger partial charge in [0.2, 0.25) is 0 Å². The summed E-state index contributed by atoms with van der Waals surface area (Å²) in [5.41, 5.74) is 10.3. The largest absolute Gasteiger partial charge is 0.548 e. The van der Waals surface area contributed by atoms with Crippen LogP contribution in [0, 0.1) is 0 Å². The molecule has 0 amide bonds. The Morgan fingerprint density at radius 1 is 0.778 bits per heavy atom. The summed E-state index contributed by atoms with van der Waals surface area (Å²) in [5.74, 6) is -1.18. The quantitative estimate of drug-likeness (QED) is 0.296. The monoisotopic (exact) mass is 387 g/mol. The molecule has 0 saturated heterocycles. The van der Waals surface area contributed by atoms with E-state index in [9.17, 15) is 9.90 Å². The number of unbranched alkanes of at least 4 members (excludes halogenated alkanes) is 5. The first-order chi connectivity index (χ1) is 12.9. The maximum atomic E-state index is 10.0. The third-order valence-corrected chi connectivity index (χ3v) is 5.22. The molecule has 0 aliphatic rings. The number of nitrogens with zero attached hydrogens (tertiary/aromatic N) is 1. The molecular weight excluding hydrogens is 338 g/mol. The Bertz CT molecular complexity index is 287. The zero-order chi connectivity index (χ0) is 21.0. The second-order valence-corrected chi connectivity index (χ2v) is 7.86. The molecule has 4 N–H and O–H groups in total. The first-order valence-electron chi connectivity index (χ1n) is 11.4. The summed E-state index contributed by atoms with van der Waals surface area (Å²) in [6, 6.07) is -0.827. The molecule has 1 atom stereocenters. The molecule has 0 spiro atoms. The van der Waals surface area contributed by atoms with Crippen molar-refractivity contribution in [3.63, 3.8) is 0 Å². The molecule has 0 bridgehead atoms. The first-order valence-corrected chi connectivity index (χ1v) is 11.4. The van der Waals surface area contributed by atoms with Crippen molar-refractivity contribution in [2.24, 2.45) is 11.5 Å². The van der Waals surface area contributed by atoms with Crippen LogP contribution in [0.1, 0.15) is 98.3 Å². The van der Waals surface area contributed by atoms with Crippen LogP contribution in [0.2, 0.25) is 0 Å². The van der Waals surface area contributed by atoms with E-state index >= 15 is 0 Å². The van der Waals surface area contributed by atoms with Gasteiger partial charge in [-0.15, -0.1) is 0 Å². The standard InChI is InChI=1S/C16H36N.C6H14N2O2/c1-5-9-13-17(14-10-6-2,15-11-7-3)16-12-8-4;7-4-2-1-3-5(8)6(9)10/h5-16H2,1-4H3;5H,1-4,7-8H2,(H,9,10)/q+1;/p-1/t;5-/m.0/s1. The molecule has 0 heterocycles. The molecule has 0 aromatic rings. The molecule has 0 saturated carbocycles. The van der Waals surface area contributed by atoms with Crippen LogP contribution in [0.15, 0.2) is 0 Å². The molecule has 0 fully saturated rings. The van der Waals surface area contributed by atoms with E-state index in [1.54, 1.807) is 0 Å². The highest BCUT2D eigenvalue weighted by atomic mass is 16.4. The summed E-state index contributed by atoms with van der Waals surface area (Å²) >= 11 is 0. The summed E-state index contributed by atoms with van der Waals surface area (Å²) in [5, 5.41) is 10.0. The number of carbonyl (C=O) groups is 1. The van der Waals surface area contributed by atoms with Crippen molar-refractivity contribution in [2.45, 2.75) is 104 Å². The Morgan fingerprint density at radius 3 is 1.41 bits per heavy atom. The maximum absolute atomic E-state index is 10.0. The maximum Gasteiger partial charge on any atom is 0.0786 e. The number of carbonyl (C=O) groups excluding carboxylic acids is 1. The van der Waals surface area contributed by atoms with E-state index in [2.05, 4.69) is 27.7 Å². The van der Waals surface area contributed by atoms with Crippen LogP contribution in [0.3, 0.4) is 0 Å². The average Bonchev–Trinajstić information content (AvgIpc) is 2.67. The van der Waals surface area contributed by atoms with Gasteiger partial charge in [-0.3, -0.25) is 0 Å². The molecule has 0 rings (SSSR count). The van der Waals surface area contributed by atoms with Gasteiger partial charge in [0.15, 0.2) is 0 Å². The number of carboxylic acids is 1. The van der Waals surface area contributed by atoms with Crippen LogP contribution in [0.5, 0.6) is 0 Å². The zero-order valence-corrected chi connectivity index (χ0v) is 18.8. The van der Waals surface area contributed by atoms with E-state index in [0.29, 0.717) is 13.0 Å². The van der Waals surface area contributed by atoms with Crippen molar-refractivity contribution >= 4 is 5.97 Å². The van der Waals surface area contributed by atoms with Crippen LogP contribution in [0.4, 0.5) is 0 Å². The van der Waals surface area contributed by atoms with Crippen molar-refractivity contribution in [1.29, 1.82) is 0 Å². The van der Waals surface area contributed by atoms with Gasteiger partial charge in [-0.1, -0.05) is 59.8 Å². The number of nitrogens with two attached hydrogens (primary N) is 2. The Morgan fingerprint density at radius 2 is 1.15 bits per heavy atom. The Labute approximate surface area is 169 Å². The molecule has 164 valence electrons. The van der Waals surface area contributed by atoms with E-state index in [1.165, 1.54) is 82.0 Å². The molecule has 0 aliphatic carbocycles. The second kappa shape index (κ2) is 20.1. The average molecular weight is 388 g/mol. The molecule has 0 aliphatic heterocycles. The van der Waals surface area contributed by atoms with E-state index in [4.69, 9.17) is 11.5 Å². The van der Waals surface area contributed by atoms with E-state index in [1.807, 2.05) is 0 Å². The Hall–Kier alpha value is -0.650. The third kappa shape index (κ3) is 17.2. The van der Waals surface area contributed by atoms with Crippen molar-refractivity contribution in [1.82, 2.24) is 0 Å².